The maximum Gasteiger partial charge on any atom is 0.243 e. The third-order valence-corrected chi connectivity index (χ3v) is 8.90. The van der Waals surface area contributed by atoms with Gasteiger partial charge in [-0.25, -0.2) is 8.42 Å². The van der Waals surface area contributed by atoms with Gasteiger partial charge in [-0.1, -0.05) is 19.1 Å². The molecule has 0 radical (unpaired) electrons. The molecule has 1 aromatic rings. The van der Waals surface area contributed by atoms with E-state index in [1.807, 2.05) is 23.9 Å². The molecular formula is C21H35IN4O2S2. The SMILES string of the molecule is CN=C(NCc1ccc(S(=O)(=O)N2CCCC(C)C2)cc1)NC1CCC(SC)C1.I. The molecule has 2 fully saturated rings. The van der Waals surface area contributed by atoms with Crippen molar-refractivity contribution in [3.05, 3.63) is 29.8 Å². The van der Waals surface area contributed by atoms with E-state index < -0.39 is 10.0 Å². The maximum atomic E-state index is 12.9. The summed E-state index contributed by atoms with van der Waals surface area (Å²) in [6.07, 6.45) is 7.81. The Bertz CT molecular complexity index is 802. The minimum absolute atomic E-state index is 0. The molecule has 2 N–H and O–H groups in total. The van der Waals surface area contributed by atoms with Crippen LogP contribution in [0.5, 0.6) is 0 Å². The van der Waals surface area contributed by atoms with Gasteiger partial charge < -0.3 is 10.6 Å². The first kappa shape index (κ1) is 25.7. The van der Waals surface area contributed by atoms with Gasteiger partial charge in [0.25, 0.3) is 0 Å². The molecule has 1 aliphatic heterocycles. The van der Waals surface area contributed by atoms with Crippen molar-refractivity contribution in [1.82, 2.24) is 14.9 Å². The fourth-order valence-electron chi connectivity index (χ4n) is 4.15. The molecule has 0 bridgehead atoms. The number of thioether (sulfide) groups is 1. The van der Waals surface area contributed by atoms with E-state index in [-0.39, 0.29) is 24.0 Å². The number of piperidine rings is 1. The molecule has 1 heterocycles. The van der Waals surface area contributed by atoms with E-state index in [4.69, 9.17) is 0 Å². The summed E-state index contributed by atoms with van der Waals surface area (Å²) in [4.78, 5) is 4.71. The number of guanidine groups is 1. The van der Waals surface area contributed by atoms with Gasteiger partial charge in [0.05, 0.1) is 4.90 Å². The first-order valence-corrected chi connectivity index (χ1v) is 13.2. The van der Waals surface area contributed by atoms with E-state index >= 15 is 0 Å². The number of benzene rings is 1. The second kappa shape index (κ2) is 11.9. The van der Waals surface area contributed by atoms with Crippen molar-refractivity contribution in [3.63, 3.8) is 0 Å². The number of rotatable bonds is 6. The predicted molar refractivity (Wildman–Crippen MR) is 137 cm³/mol. The quantitative estimate of drug-likeness (QED) is 0.313. The smallest absolute Gasteiger partial charge is 0.243 e. The van der Waals surface area contributed by atoms with Gasteiger partial charge in [0.1, 0.15) is 0 Å². The third-order valence-electron chi connectivity index (χ3n) is 5.92. The normalized spacial score (nSPS) is 25.6. The number of hydrogen-bond acceptors (Lipinski definition) is 4. The van der Waals surface area contributed by atoms with Crippen LogP contribution < -0.4 is 10.6 Å². The highest BCUT2D eigenvalue weighted by molar-refractivity contribution is 14.0. The summed E-state index contributed by atoms with van der Waals surface area (Å²) in [6, 6.07) is 7.70. The molecule has 0 amide bonds. The van der Waals surface area contributed by atoms with Crippen molar-refractivity contribution < 1.29 is 8.42 Å². The van der Waals surface area contributed by atoms with Crippen LogP contribution in [0.25, 0.3) is 0 Å². The predicted octanol–water partition coefficient (Wildman–Crippen LogP) is 3.67. The number of sulfonamides is 1. The summed E-state index contributed by atoms with van der Waals surface area (Å²) in [6.45, 7) is 3.96. The molecule has 1 saturated carbocycles. The zero-order chi connectivity index (χ0) is 20.9. The molecule has 2 aliphatic rings. The minimum atomic E-state index is -3.40. The van der Waals surface area contributed by atoms with Crippen LogP contribution in [0.15, 0.2) is 34.2 Å². The van der Waals surface area contributed by atoms with Gasteiger partial charge in [-0.2, -0.15) is 16.1 Å². The third kappa shape index (κ3) is 6.74. The van der Waals surface area contributed by atoms with Crippen molar-refractivity contribution >= 4 is 51.7 Å². The maximum absolute atomic E-state index is 12.9. The van der Waals surface area contributed by atoms with Crippen LogP contribution in [-0.2, 0) is 16.6 Å². The van der Waals surface area contributed by atoms with E-state index in [1.54, 1.807) is 23.5 Å². The summed E-state index contributed by atoms with van der Waals surface area (Å²) < 4.78 is 27.4. The van der Waals surface area contributed by atoms with Gasteiger partial charge in [-0.05, 0) is 62.0 Å². The molecule has 6 nitrogen and oxygen atoms in total. The fraction of sp³-hybridized carbons (Fsp3) is 0.667. The van der Waals surface area contributed by atoms with Crippen molar-refractivity contribution in [2.75, 3.05) is 26.4 Å². The van der Waals surface area contributed by atoms with Crippen LogP contribution in [0, 0.1) is 5.92 Å². The summed E-state index contributed by atoms with van der Waals surface area (Å²) in [5.41, 5.74) is 1.03. The first-order chi connectivity index (χ1) is 13.9. The average Bonchev–Trinajstić information content (AvgIpc) is 3.19. The Labute approximate surface area is 203 Å². The number of aliphatic imine (C=N–C) groups is 1. The van der Waals surface area contributed by atoms with E-state index in [0.29, 0.717) is 36.5 Å². The Hall–Kier alpha value is -0.520. The largest absolute Gasteiger partial charge is 0.354 e. The van der Waals surface area contributed by atoms with Crippen LogP contribution in [-0.4, -0.2) is 56.4 Å². The zero-order valence-corrected chi connectivity index (χ0v) is 22.1. The highest BCUT2D eigenvalue weighted by atomic mass is 127. The van der Waals surface area contributed by atoms with E-state index in [9.17, 15) is 8.42 Å². The van der Waals surface area contributed by atoms with Gasteiger partial charge in [0.15, 0.2) is 5.96 Å². The molecule has 3 atom stereocenters. The van der Waals surface area contributed by atoms with E-state index in [0.717, 1.165) is 29.6 Å². The average molecular weight is 567 g/mol. The van der Waals surface area contributed by atoms with Crippen LogP contribution in [0.1, 0.15) is 44.6 Å². The van der Waals surface area contributed by atoms with E-state index in [1.165, 1.54) is 19.3 Å². The molecule has 0 spiro atoms. The molecule has 1 saturated heterocycles. The minimum Gasteiger partial charge on any atom is -0.354 e. The zero-order valence-electron chi connectivity index (χ0n) is 18.1. The molecule has 3 rings (SSSR count). The van der Waals surface area contributed by atoms with Crippen LogP contribution >= 0.6 is 35.7 Å². The lowest BCUT2D eigenvalue weighted by Gasteiger charge is -2.30. The Kier molecular flexibility index (Phi) is 10.2. The molecule has 9 heteroatoms. The Morgan fingerprint density at radius 2 is 1.97 bits per heavy atom. The number of halogens is 1. The molecule has 0 aromatic heterocycles. The molecule has 30 heavy (non-hydrogen) atoms. The van der Waals surface area contributed by atoms with Gasteiger partial charge in [-0.3, -0.25) is 4.99 Å². The summed E-state index contributed by atoms with van der Waals surface area (Å²) in [7, 11) is -1.61. The standard InChI is InChI=1S/C21H34N4O2S2.HI/c1-16-5-4-12-25(15-16)29(26,27)20-10-6-17(7-11-20)14-23-21(22-2)24-18-8-9-19(13-18)28-3;/h6-7,10-11,16,18-19H,4-5,8-9,12-15H2,1-3H3,(H2,22,23,24);1H. The molecular weight excluding hydrogens is 531 g/mol. The lowest BCUT2D eigenvalue weighted by molar-refractivity contribution is 0.281. The molecule has 170 valence electrons. The lowest BCUT2D eigenvalue weighted by Crippen LogP contribution is -2.42. The lowest BCUT2D eigenvalue weighted by atomic mass is 10.0. The van der Waals surface area contributed by atoms with Gasteiger partial charge >= 0.3 is 0 Å². The molecule has 1 aromatic carbocycles. The first-order valence-electron chi connectivity index (χ1n) is 10.5. The highest BCUT2D eigenvalue weighted by Crippen LogP contribution is 2.28. The van der Waals surface area contributed by atoms with Crippen molar-refractivity contribution in [3.8, 4) is 0 Å². The monoisotopic (exact) mass is 566 g/mol. The van der Waals surface area contributed by atoms with Crippen LogP contribution in [0.2, 0.25) is 0 Å². The second-order valence-electron chi connectivity index (χ2n) is 8.19. The summed E-state index contributed by atoms with van der Waals surface area (Å²) >= 11 is 1.94. The Balaban J connectivity index is 0.00000320. The second-order valence-corrected chi connectivity index (χ2v) is 11.3. The fourth-order valence-corrected chi connectivity index (χ4v) is 6.55. The van der Waals surface area contributed by atoms with Crippen LogP contribution in [0.4, 0.5) is 0 Å². The van der Waals surface area contributed by atoms with Gasteiger partial charge in [0, 0.05) is 38.0 Å². The number of hydrogen-bond donors (Lipinski definition) is 2. The van der Waals surface area contributed by atoms with Gasteiger partial charge in [-0.15, -0.1) is 24.0 Å². The highest BCUT2D eigenvalue weighted by Gasteiger charge is 2.28. The van der Waals surface area contributed by atoms with Crippen LogP contribution in [0.3, 0.4) is 0 Å². The van der Waals surface area contributed by atoms with Crippen molar-refractivity contribution in [2.45, 2.75) is 61.8 Å². The molecule has 3 unspecified atom stereocenters. The topological polar surface area (TPSA) is 73.8 Å². The number of nitrogens with one attached hydrogen (secondary N) is 2. The Morgan fingerprint density at radius 3 is 2.57 bits per heavy atom. The number of nitrogens with zero attached hydrogens (tertiary/aromatic N) is 2. The van der Waals surface area contributed by atoms with E-state index in [2.05, 4.69) is 28.8 Å². The van der Waals surface area contributed by atoms with Crippen molar-refractivity contribution in [2.24, 2.45) is 10.9 Å². The summed E-state index contributed by atoms with van der Waals surface area (Å²) in [5.74, 6) is 1.23. The summed E-state index contributed by atoms with van der Waals surface area (Å²) in [5, 5.41) is 7.59. The Morgan fingerprint density at radius 1 is 1.23 bits per heavy atom. The molecule has 1 aliphatic carbocycles. The van der Waals surface area contributed by atoms with Gasteiger partial charge in [0.2, 0.25) is 10.0 Å². The van der Waals surface area contributed by atoms with Crippen molar-refractivity contribution in [1.29, 1.82) is 0 Å².